The van der Waals surface area contributed by atoms with E-state index in [0.29, 0.717) is 21.5 Å². The van der Waals surface area contributed by atoms with Crippen LogP contribution in [0.15, 0.2) is 52.2 Å². The van der Waals surface area contributed by atoms with Gasteiger partial charge in [-0.1, -0.05) is 30.0 Å². The summed E-state index contributed by atoms with van der Waals surface area (Å²) < 4.78 is 5.66. The maximum atomic E-state index is 13.1. The Balaban J connectivity index is 1.49. The molecule has 0 N–H and O–H groups in total. The first-order valence-electron chi connectivity index (χ1n) is 9.12. The molecule has 2 amide bonds. The molecule has 0 spiro atoms. The van der Waals surface area contributed by atoms with Gasteiger partial charge in [0.2, 0.25) is 5.91 Å². The highest BCUT2D eigenvalue weighted by atomic mass is 32.2. The van der Waals surface area contributed by atoms with E-state index in [1.54, 1.807) is 30.7 Å². The minimum absolute atomic E-state index is 0.00740. The van der Waals surface area contributed by atoms with E-state index in [4.69, 9.17) is 16.6 Å². The van der Waals surface area contributed by atoms with Gasteiger partial charge in [-0.25, -0.2) is 0 Å². The predicted molar refractivity (Wildman–Crippen MR) is 111 cm³/mol. The second-order valence-electron chi connectivity index (χ2n) is 6.67. The van der Waals surface area contributed by atoms with E-state index < -0.39 is 0 Å². The summed E-state index contributed by atoms with van der Waals surface area (Å²) in [5, 5.41) is 0. The molecule has 2 aromatic heterocycles. The Hall–Kier alpha value is -2.45. The molecule has 2 aliphatic rings. The van der Waals surface area contributed by atoms with Gasteiger partial charge >= 0.3 is 0 Å². The second kappa shape index (κ2) is 8.28. The van der Waals surface area contributed by atoms with Crippen molar-refractivity contribution in [2.24, 2.45) is 0 Å². The SMILES string of the molecule is O=C1C(=Cc2ccco2)SC(=S)N1CC(=O)N1CCCC[C@H]1c1cccnc1. The summed E-state index contributed by atoms with van der Waals surface area (Å²) in [7, 11) is 0. The summed E-state index contributed by atoms with van der Waals surface area (Å²) in [4.78, 5) is 33.7. The standard InChI is InChI=1S/C20H19N3O3S2/c24-18(22-9-2-1-7-16(22)14-5-3-8-21-12-14)13-23-19(25)17(28-20(23)27)11-15-6-4-10-26-15/h3-6,8,10-12,16H,1-2,7,9,13H2/t16-/m0/s1. The van der Waals surface area contributed by atoms with E-state index in [-0.39, 0.29) is 24.4 Å². The maximum Gasteiger partial charge on any atom is 0.266 e. The normalized spacial score (nSPS) is 21.6. The summed E-state index contributed by atoms with van der Waals surface area (Å²) >= 11 is 6.54. The zero-order valence-corrected chi connectivity index (χ0v) is 16.7. The van der Waals surface area contributed by atoms with Gasteiger partial charge in [0.15, 0.2) is 0 Å². The molecule has 4 heterocycles. The van der Waals surface area contributed by atoms with Crippen molar-refractivity contribution < 1.29 is 14.0 Å². The van der Waals surface area contributed by atoms with E-state index >= 15 is 0 Å². The average molecular weight is 414 g/mol. The van der Waals surface area contributed by atoms with Crippen LogP contribution in [0, 0.1) is 0 Å². The molecule has 8 heteroatoms. The molecule has 0 aromatic carbocycles. The van der Waals surface area contributed by atoms with Crippen LogP contribution in [0.5, 0.6) is 0 Å². The number of furan rings is 1. The molecule has 144 valence electrons. The van der Waals surface area contributed by atoms with Crippen LogP contribution in [0.4, 0.5) is 0 Å². The molecule has 0 bridgehead atoms. The fourth-order valence-corrected chi connectivity index (χ4v) is 4.75. The number of nitrogens with zero attached hydrogens (tertiary/aromatic N) is 3. The number of thiocarbonyl (C=S) groups is 1. The van der Waals surface area contributed by atoms with Crippen molar-refractivity contribution in [2.45, 2.75) is 25.3 Å². The number of aromatic nitrogens is 1. The Morgan fingerprint density at radius 1 is 1.36 bits per heavy atom. The van der Waals surface area contributed by atoms with Crippen LogP contribution in [0.3, 0.4) is 0 Å². The number of amides is 2. The van der Waals surface area contributed by atoms with Crippen molar-refractivity contribution in [1.82, 2.24) is 14.8 Å². The highest BCUT2D eigenvalue weighted by Crippen LogP contribution is 2.34. The molecule has 0 radical (unpaired) electrons. The molecule has 2 aliphatic heterocycles. The quantitative estimate of drug-likeness (QED) is 0.563. The Morgan fingerprint density at radius 2 is 2.25 bits per heavy atom. The molecule has 2 aromatic rings. The Labute approximate surface area is 172 Å². The fraction of sp³-hybridized carbons (Fsp3) is 0.300. The van der Waals surface area contributed by atoms with Gasteiger partial charge in [-0.05, 0) is 43.0 Å². The van der Waals surface area contributed by atoms with Gasteiger partial charge in [0.25, 0.3) is 5.91 Å². The lowest BCUT2D eigenvalue weighted by Gasteiger charge is -2.36. The van der Waals surface area contributed by atoms with E-state index in [1.165, 1.54) is 16.7 Å². The number of hydrogen-bond acceptors (Lipinski definition) is 6. The summed E-state index contributed by atoms with van der Waals surface area (Å²) in [6.45, 7) is 0.631. The zero-order chi connectivity index (χ0) is 19.5. The lowest BCUT2D eigenvalue weighted by atomic mass is 9.96. The number of carbonyl (C=O) groups is 2. The number of thioether (sulfide) groups is 1. The van der Waals surface area contributed by atoms with E-state index in [2.05, 4.69) is 4.98 Å². The minimum atomic E-state index is -0.255. The summed E-state index contributed by atoms with van der Waals surface area (Å²) in [6, 6.07) is 7.39. The van der Waals surface area contributed by atoms with Gasteiger partial charge in [0, 0.05) is 25.0 Å². The molecule has 0 saturated carbocycles. The molecule has 0 unspecified atom stereocenters. The number of likely N-dealkylation sites (tertiary alicyclic amines) is 1. The van der Waals surface area contributed by atoms with Crippen LogP contribution in [-0.2, 0) is 9.59 Å². The Morgan fingerprint density at radius 3 is 3.00 bits per heavy atom. The maximum absolute atomic E-state index is 13.1. The summed E-state index contributed by atoms with van der Waals surface area (Å²) in [6.07, 6.45) is 9.66. The average Bonchev–Trinajstić information content (AvgIpc) is 3.33. The smallest absolute Gasteiger partial charge is 0.266 e. The molecule has 28 heavy (non-hydrogen) atoms. The summed E-state index contributed by atoms with van der Waals surface area (Å²) in [5.74, 6) is 0.235. The van der Waals surface area contributed by atoms with Crippen LogP contribution in [0.25, 0.3) is 6.08 Å². The topological polar surface area (TPSA) is 66.7 Å². The fourth-order valence-electron chi connectivity index (χ4n) is 3.51. The number of carbonyl (C=O) groups excluding carboxylic acids is 2. The van der Waals surface area contributed by atoms with Crippen LogP contribution in [-0.4, -0.2) is 44.0 Å². The minimum Gasteiger partial charge on any atom is -0.465 e. The van der Waals surface area contributed by atoms with Gasteiger partial charge in [-0.2, -0.15) is 0 Å². The molecule has 1 atom stereocenters. The first-order valence-corrected chi connectivity index (χ1v) is 10.3. The van der Waals surface area contributed by atoms with E-state index in [1.807, 2.05) is 23.2 Å². The Bertz CT molecular complexity index is 912. The highest BCUT2D eigenvalue weighted by Gasteiger charge is 2.36. The Kier molecular flexibility index (Phi) is 5.59. The second-order valence-corrected chi connectivity index (χ2v) is 8.34. The van der Waals surface area contributed by atoms with Gasteiger partial charge in [-0.3, -0.25) is 19.5 Å². The highest BCUT2D eigenvalue weighted by molar-refractivity contribution is 8.26. The zero-order valence-electron chi connectivity index (χ0n) is 15.1. The molecule has 2 fully saturated rings. The molecule has 0 aliphatic carbocycles. The molecular weight excluding hydrogens is 394 g/mol. The van der Waals surface area contributed by atoms with Crippen LogP contribution in [0.2, 0.25) is 0 Å². The van der Waals surface area contributed by atoms with Crippen molar-refractivity contribution >= 4 is 46.2 Å². The molecule has 2 saturated heterocycles. The first kappa shape index (κ1) is 18.9. The third-order valence-electron chi connectivity index (χ3n) is 4.88. The van der Waals surface area contributed by atoms with Crippen molar-refractivity contribution in [3.05, 3.63) is 59.2 Å². The lowest BCUT2D eigenvalue weighted by Crippen LogP contribution is -2.45. The van der Waals surface area contributed by atoms with Crippen molar-refractivity contribution in [3.8, 4) is 0 Å². The van der Waals surface area contributed by atoms with Crippen molar-refractivity contribution in [3.63, 3.8) is 0 Å². The van der Waals surface area contributed by atoms with Crippen molar-refractivity contribution in [2.75, 3.05) is 13.1 Å². The molecular formula is C20H19N3O3S2. The summed E-state index contributed by atoms with van der Waals surface area (Å²) in [5.41, 5.74) is 1.03. The number of piperidine rings is 1. The van der Waals surface area contributed by atoms with E-state index in [0.717, 1.165) is 24.8 Å². The van der Waals surface area contributed by atoms with Crippen LogP contribution >= 0.6 is 24.0 Å². The third-order valence-corrected chi connectivity index (χ3v) is 6.25. The van der Waals surface area contributed by atoms with Crippen LogP contribution in [0.1, 0.15) is 36.6 Å². The monoisotopic (exact) mass is 413 g/mol. The van der Waals surface area contributed by atoms with Gasteiger partial charge < -0.3 is 9.32 Å². The molecule has 4 rings (SSSR count). The largest absolute Gasteiger partial charge is 0.465 e. The van der Waals surface area contributed by atoms with Crippen molar-refractivity contribution in [1.29, 1.82) is 0 Å². The van der Waals surface area contributed by atoms with Crippen LogP contribution < -0.4 is 0 Å². The lowest BCUT2D eigenvalue weighted by molar-refractivity contribution is -0.138. The number of hydrogen-bond donors (Lipinski definition) is 0. The predicted octanol–water partition coefficient (Wildman–Crippen LogP) is 3.63. The third kappa shape index (κ3) is 3.88. The first-order chi connectivity index (χ1) is 13.6. The van der Waals surface area contributed by atoms with E-state index in [9.17, 15) is 9.59 Å². The number of rotatable bonds is 4. The van der Waals surface area contributed by atoms with Gasteiger partial charge in [-0.15, -0.1) is 0 Å². The molecule has 6 nitrogen and oxygen atoms in total. The van der Waals surface area contributed by atoms with Gasteiger partial charge in [0.1, 0.15) is 16.6 Å². The number of pyridine rings is 1. The van der Waals surface area contributed by atoms with Gasteiger partial charge in [0.05, 0.1) is 17.2 Å².